The highest BCUT2D eigenvalue weighted by molar-refractivity contribution is 6.40. The summed E-state index contributed by atoms with van der Waals surface area (Å²) in [4.78, 5) is 22.6. The maximum absolute atomic E-state index is 11.6. The third kappa shape index (κ3) is 2.50. The highest BCUT2D eigenvalue weighted by atomic mass is 16.5. The topological polar surface area (TPSA) is 59.0 Å². The van der Waals surface area contributed by atoms with Gasteiger partial charge in [-0.25, -0.2) is 0 Å². The van der Waals surface area contributed by atoms with Gasteiger partial charge < -0.3 is 4.74 Å². The first-order valence-corrected chi connectivity index (χ1v) is 5.35. The maximum Gasteiger partial charge on any atom is 0.312 e. The second-order valence-electron chi connectivity index (χ2n) is 3.55. The van der Waals surface area contributed by atoms with Crippen molar-refractivity contribution < 1.29 is 14.3 Å². The number of ketones is 1. The van der Waals surface area contributed by atoms with Gasteiger partial charge in [0.25, 0.3) is 5.90 Å². The molecule has 1 aromatic rings. The molecule has 0 unspecified atom stereocenters. The monoisotopic (exact) mass is 232 g/mol. The van der Waals surface area contributed by atoms with Gasteiger partial charge in [-0.2, -0.15) is 0 Å². The molecule has 1 heterocycles. The van der Waals surface area contributed by atoms with E-state index in [1.165, 1.54) is 5.01 Å². The lowest BCUT2D eigenvalue weighted by Gasteiger charge is -2.10. The molecule has 0 radical (unpaired) electrons. The average molecular weight is 232 g/mol. The second kappa shape index (κ2) is 4.78. The Hall–Kier alpha value is -2.17. The van der Waals surface area contributed by atoms with Gasteiger partial charge in [0.1, 0.15) is 6.54 Å². The summed E-state index contributed by atoms with van der Waals surface area (Å²) in [7, 11) is 0. The van der Waals surface area contributed by atoms with E-state index in [-0.39, 0.29) is 24.6 Å². The fourth-order valence-corrected chi connectivity index (χ4v) is 1.41. The number of para-hydroxylation sites is 1. The molecular formula is C12H12N2O3. The normalized spacial score (nSPS) is 14.8. The molecule has 0 aliphatic carbocycles. The van der Waals surface area contributed by atoms with E-state index >= 15 is 0 Å². The van der Waals surface area contributed by atoms with Crippen molar-refractivity contribution in [3.63, 3.8) is 0 Å². The molecule has 5 nitrogen and oxygen atoms in total. The van der Waals surface area contributed by atoms with Gasteiger partial charge in [-0.15, -0.1) is 5.10 Å². The minimum Gasteiger partial charge on any atom is -0.402 e. The van der Waals surface area contributed by atoms with Crippen LogP contribution in [0, 0.1) is 0 Å². The number of rotatable bonds is 2. The molecule has 2 rings (SSSR count). The van der Waals surface area contributed by atoms with E-state index in [9.17, 15) is 9.59 Å². The highest BCUT2D eigenvalue weighted by Crippen LogP contribution is 2.17. The van der Waals surface area contributed by atoms with Crippen LogP contribution in [0.3, 0.4) is 0 Å². The molecule has 17 heavy (non-hydrogen) atoms. The van der Waals surface area contributed by atoms with Crippen LogP contribution in [0.1, 0.15) is 13.3 Å². The number of carbonyl (C=O) groups is 2. The van der Waals surface area contributed by atoms with Crippen LogP contribution >= 0.6 is 0 Å². The molecular weight excluding hydrogens is 220 g/mol. The fraction of sp³-hybridized carbons (Fsp3) is 0.250. The first-order chi connectivity index (χ1) is 8.20. The van der Waals surface area contributed by atoms with Crippen molar-refractivity contribution in [3.8, 4) is 0 Å². The lowest BCUT2D eigenvalue weighted by molar-refractivity contribution is -0.136. The zero-order valence-electron chi connectivity index (χ0n) is 9.42. The third-order valence-corrected chi connectivity index (χ3v) is 2.30. The highest BCUT2D eigenvalue weighted by Gasteiger charge is 2.27. The number of anilines is 1. The predicted octanol–water partition coefficient (Wildman–Crippen LogP) is 1.34. The van der Waals surface area contributed by atoms with Crippen LogP contribution in [0.15, 0.2) is 35.4 Å². The standard InChI is InChI=1S/C12H12N2O3/c1-2-11(16)17-12-10(15)8-14(13-12)9-6-4-3-5-7-9/h3-7H,2,8H2,1H3. The van der Waals surface area contributed by atoms with Crippen LogP contribution in [0.5, 0.6) is 0 Å². The molecule has 0 N–H and O–H groups in total. The number of carbonyl (C=O) groups excluding carboxylic acids is 2. The van der Waals surface area contributed by atoms with Crippen molar-refractivity contribution in [1.82, 2.24) is 0 Å². The lowest BCUT2D eigenvalue weighted by Crippen LogP contribution is -2.21. The molecule has 0 fully saturated rings. The second-order valence-corrected chi connectivity index (χ2v) is 3.55. The number of hydrogen-bond donors (Lipinski definition) is 0. The Kier molecular flexibility index (Phi) is 3.18. The van der Waals surface area contributed by atoms with Crippen molar-refractivity contribution in [1.29, 1.82) is 0 Å². The number of hydrazone groups is 1. The summed E-state index contributed by atoms with van der Waals surface area (Å²) in [5.41, 5.74) is 0.795. The molecule has 0 saturated heterocycles. The van der Waals surface area contributed by atoms with Gasteiger partial charge in [0.15, 0.2) is 0 Å². The van der Waals surface area contributed by atoms with E-state index < -0.39 is 5.97 Å². The molecule has 0 aromatic heterocycles. The fourth-order valence-electron chi connectivity index (χ4n) is 1.41. The van der Waals surface area contributed by atoms with Gasteiger partial charge in [0.05, 0.1) is 5.69 Å². The van der Waals surface area contributed by atoms with Crippen LogP contribution in [0.4, 0.5) is 5.69 Å². The Balaban J connectivity index is 2.14. The Morgan fingerprint density at radius 3 is 2.76 bits per heavy atom. The van der Waals surface area contributed by atoms with Gasteiger partial charge in [0, 0.05) is 6.42 Å². The minimum atomic E-state index is -0.452. The molecule has 0 spiro atoms. The molecule has 1 aliphatic rings. The Bertz CT molecular complexity index is 468. The minimum absolute atomic E-state index is 0.107. The van der Waals surface area contributed by atoms with Crippen LogP contribution < -0.4 is 5.01 Å². The SMILES string of the molecule is CCC(=O)OC1=NN(c2ccccc2)CC1=O. The molecule has 5 heteroatoms. The number of hydrogen-bond acceptors (Lipinski definition) is 5. The Morgan fingerprint density at radius 2 is 2.12 bits per heavy atom. The summed E-state index contributed by atoms with van der Waals surface area (Å²) < 4.78 is 4.84. The maximum atomic E-state index is 11.6. The van der Waals surface area contributed by atoms with E-state index in [2.05, 4.69) is 5.10 Å². The van der Waals surface area contributed by atoms with Crippen LogP contribution in [-0.2, 0) is 14.3 Å². The quantitative estimate of drug-likeness (QED) is 0.722. The number of benzene rings is 1. The summed E-state index contributed by atoms with van der Waals surface area (Å²) in [5.74, 6) is -0.858. The van der Waals surface area contributed by atoms with Crippen molar-refractivity contribution in [3.05, 3.63) is 30.3 Å². The third-order valence-electron chi connectivity index (χ3n) is 2.30. The Morgan fingerprint density at radius 1 is 1.41 bits per heavy atom. The van der Waals surface area contributed by atoms with Gasteiger partial charge in [-0.05, 0) is 12.1 Å². The van der Waals surface area contributed by atoms with E-state index in [4.69, 9.17) is 4.74 Å². The number of nitrogens with zero attached hydrogens (tertiary/aromatic N) is 2. The van der Waals surface area contributed by atoms with Crippen molar-refractivity contribution in [2.45, 2.75) is 13.3 Å². The number of ether oxygens (including phenoxy) is 1. The summed E-state index contributed by atoms with van der Waals surface area (Å²) in [6, 6.07) is 9.25. The van der Waals surface area contributed by atoms with Gasteiger partial charge in [0.2, 0.25) is 5.78 Å². The molecule has 0 atom stereocenters. The van der Waals surface area contributed by atoms with Crippen LogP contribution in [0.2, 0.25) is 0 Å². The van der Waals surface area contributed by atoms with Crippen LogP contribution in [-0.4, -0.2) is 24.2 Å². The van der Waals surface area contributed by atoms with E-state index in [1.54, 1.807) is 6.92 Å². The average Bonchev–Trinajstić information content (AvgIpc) is 2.72. The summed E-state index contributed by atoms with van der Waals surface area (Å²) in [6.45, 7) is 1.77. The largest absolute Gasteiger partial charge is 0.402 e. The van der Waals surface area contributed by atoms with E-state index in [0.29, 0.717) is 0 Å². The lowest BCUT2D eigenvalue weighted by atomic mass is 10.3. The smallest absolute Gasteiger partial charge is 0.312 e. The van der Waals surface area contributed by atoms with E-state index in [1.807, 2.05) is 30.3 Å². The molecule has 88 valence electrons. The van der Waals surface area contributed by atoms with Gasteiger partial charge in [-0.3, -0.25) is 14.6 Å². The van der Waals surface area contributed by atoms with Crippen molar-refractivity contribution in [2.75, 3.05) is 11.6 Å². The van der Waals surface area contributed by atoms with Crippen LogP contribution in [0.25, 0.3) is 0 Å². The molecule has 0 amide bonds. The zero-order valence-corrected chi connectivity index (χ0v) is 9.42. The molecule has 1 aliphatic heterocycles. The summed E-state index contributed by atoms with van der Waals surface area (Å²) >= 11 is 0. The zero-order chi connectivity index (χ0) is 12.3. The first-order valence-electron chi connectivity index (χ1n) is 5.35. The van der Waals surface area contributed by atoms with Gasteiger partial charge >= 0.3 is 5.97 Å². The Labute approximate surface area is 98.7 Å². The summed E-state index contributed by atoms with van der Waals surface area (Å²) in [6.07, 6.45) is 0.220. The molecule has 0 saturated carbocycles. The summed E-state index contributed by atoms with van der Waals surface area (Å²) in [5, 5.41) is 5.50. The van der Waals surface area contributed by atoms with Crippen molar-refractivity contribution >= 4 is 23.3 Å². The first kappa shape index (κ1) is 11.3. The van der Waals surface area contributed by atoms with Crippen molar-refractivity contribution in [2.24, 2.45) is 5.10 Å². The number of Topliss-reactive ketones (excluding diaryl/α,β-unsaturated/α-hetero) is 1. The van der Waals surface area contributed by atoms with Gasteiger partial charge in [-0.1, -0.05) is 25.1 Å². The predicted molar refractivity (Wildman–Crippen MR) is 62.6 cm³/mol. The molecule has 0 bridgehead atoms. The number of esters is 1. The molecule has 1 aromatic carbocycles. The van der Waals surface area contributed by atoms with E-state index in [0.717, 1.165) is 5.69 Å².